The molecule has 1 heterocycles. The Labute approximate surface area is 158 Å². The minimum Gasteiger partial charge on any atom is -0.494 e. The Hall–Kier alpha value is -2.71. The van der Waals surface area contributed by atoms with Crippen molar-refractivity contribution in [1.82, 2.24) is 14.9 Å². The van der Waals surface area contributed by atoms with E-state index in [4.69, 9.17) is 9.26 Å². The van der Waals surface area contributed by atoms with Crippen LogP contribution in [0.25, 0.3) is 11.4 Å². The quantitative estimate of drug-likeness (QED) is 0.639. The van der Waals surface area contributed by atoms with Crippen LogP contribution in [0.3, 0.4) is 0 Å². The zero-order valence-corrected chi connectivity index (χ0v) is 16.0. The number of aromatic nitrogens is 2. The lowest BCUT2D eigenvalue weighted by atomic mass is 10.1. The third-order valence-corrected chi connectivity index (χ3v) is 5.41. The molecule has 0 aliphatic rings. The zero-order valence-electron chi connectivity index (χ0n) is 15.2. The lowest BCUT2D eigenvalue weighted by Gasteiger charge is -2.07. The van der Waals surface area contributed by atoms with Gasteiger partial charge >= 0.3 is 0 Å². The van der Waals surface area contributed by atoms with Crippen LogP contribution in [0, 0.1) is 6.92 Å². The Morgan fingerprint density at radius 1 is 1.11 bits per heavy atom. The number of hydrogen-bond acceptors (Lipinski definition) is 6. The van der Waals surface area contributed by atoms with Crippen LogP contribution in [-0.2, 0) is 16.4 Å². The van der Waals surface area contributed by atoms with Crippen LogP contribution in [0.15, 0.2) is 57.9 Å². The van der Waals surface area contributed by atoms with Crippen molar-refractivity contribution >= 4 is 10.0 Å². The van der Waals surface area contributed by atoms with Crippen molar-refractivity contribution in [1.29, 1.82) is 0 Å². The van der Waals surface area contributed by atoms with Crippen molar-refractivity contribution in [2.75, 3.05) is 13.2 Å². The first-order valence-electron chi connectivity index (χ1n) is 8.60. The van der Waals surface area contributed by atoms with Crippen LogP contribution in [-0.4, -0.2) is 31.7 Å². The van der Waals surface area contributed by atoms with E-state index in [1.54, 1.807) is 12.1 Å². The zero-order chi connectivity index (χ0) is 19.3. The van der Waals surface area contributed by atoms with E-state index in [1.807, 2.05) is 38.1 Å². The van der Waals surface area contributed by atoms with E-state index >= 15 is 0 Å². The van der Waals surface area contributed by atoms with Crippen LogP contribution < -0.4 is 9.46 Å². The average Bonchev–Trinajstić information content (AvgIpc) is 3.11. The Morgan fingerprint density at radius 2 is 1.85 bits per heavy atom. The van der Waals surface area contributed by atoms with Gasteiger partial charge in [0.15, 0.2) is 0 Å². The maximum atomic E-state index is 12.3. The Bertz CT molecular complexity index is 998. The van der Waals surface area contributed by atoms with Gasteiger partial charge in [0.2, 0.25) is 21.7 Å². The average molecular weight is 387 g/mol. The van der Waals surface area contributed by atoms with Gasteiger partial charge in [0.05, 0.1) is 11.5 Å². The van der Waals surface area contributed by atoms with Crippen LogP contribution in [0.5, 0.6) is 5.75 Å². The van der Waals surface area contributed by atoms with E-state index in [0.717, 1.165) is 11.1 Å². The Morgan fingerprint density at radius 3 is 2.56 bits per heavy atom. The summed E-state index contributed by atoms with van der Waals surface area (Å²) in [6.07, 6.45) is 0.301. The molecule has 2 aromatic carbocycles. The summed E-state index contributed by atoms with van der Waals surface area (Å²) in [6, 6.07) is 14.0. The fourth-order valence-electron chi connectivity index (χ4n) is 2.55. The maximum Gasteiger partial charge on any atom is 0.240 e. The molecule has 27 heavy (non-hydrogen) atoms. The highest BCUT2D eigenvalue weighted by Crippen LogP contribution is 2.20. The van der Waals surface area contributed by atoms with E-state index in [-0.39, 0.29) is 11.4 Å². The number of rotatable bonds is 8. The van der Waals surface area contributed by atoms with Gasteiger partial charge in [-0.3, -0.25) is 0 Å². The number of benzene rings is 2. The molecule has 0 unspecified atom stereocenters. The molecular weight excluding hydrogens is 366 g/mol. The molecule has 3 rings (SSSR count). The summed E-state index contributed by atoms with van der Waals surface area (Å²) in [7, 11) is -3.61. The minimum absolute atomic E-state index is 0.158. The molecule has 1 aromatic heterocycles. The number of hydrogen-bond donors (Lipinski definition) is 1. The molecule has 0 bridgehead atoms. The van der Waals surface area contributed by atoms with Gasteiger partial charge < -0.3 is 9.26 Å². The molecule has 0 aliphatic heterocycles. The molecule has 8 heteroatoms. The Balaban J connectivity index is 1.60. The molecule has 0 saturated carbocycles. The molecule has 3 aromatic rings. The predicted octanol–water partition coefficient (Wildman–Crippen LogP) is 2.96. The van der Waals surface area contributed by atoms with Crippen LogP contribution in [0.2, 0.25) is 0 Å². The van der Waals surface area contributed by atoms with Gasteiger partial charge in [-0.15, -0.1) is 0 Å². The molecule has 0 aliphatic carbocycles. The molecule has 142 valence electrons. The van der Waals surface area contributed by atoms with Gasteiger partial charge in [-0.05, 0) is 43.7 Å². The van der Waals surface area contributed by atoms with Gasteiger partial charge in [-0.25, -0.2) is 13.1 Å². The van der Waals surface area contributed by atoms with Crippen LogP contribution in [0.4, 0.5) is 0 Å². The lowest BCUT2D eigenvalue weighted by Crippen LogP contribution is -2.26. The summed E-state index contributed by atoms with van der Waals surface area (Å²) in [4.78, 5) is 4.51. The lowest BCUT2D eigenvalue weighted by molar-refractivity contribution is 0.340. The van der Waals surface area contributed by atoms with Gasteiger partial charge in [0.1, 0.15) is 5.75 Å². The third kappa shape index (κ3) is 4.72. The van der Waals surface area contributed by atoms with Gasteiger partial charge in [-0.2, -0.15) is 4.98 Å². The summed E-state index contributed by atoms with van der Waals surface area (Å²) in [5, 5.41) is 3.97. The van der Waals surface area contributed by atoms with Gasteiger partial charge in [0.25, 0.3) is 0 Å². The predicted molar refractivity (Wildman–Crippen MR) is 101 cm³/mol. The molecule has 0 radical (unpaired) electrons. The monoisotopic (exact) mass is 387 g/mol. The number of nitrogens with one attached hydrogen (secondary N) is 1. The fourth-order valence-corrected chi connectivity index (χ4v) is 3.58. The van der Waals surface area contributed by atoms with E-state index in [0.29, 0.717) is 30.5 Å². The highest BCUT2D eigenvalue weighted by Gasteiger charge is 2.15. The number of aryl methyl sites for hydroxylation is 1. The smallest absolute Gasteiger partial charge is 0.240 e. The van der Waals surface area contributed by atoms with E-state index in [9.17, 15) is 8.42 Å². The number of ether oxygens (including phenoxy) is 1. The summed E-state index contributed by atoms with van der Waals surface area (Å²) < 4.78 is 37.8. The van der Waals surface area contributed by atoms with Crippen molar-refractivity contribution in [2.45, 2.75) is 25.2 Å². The van der Waals surface area contributed by atoms with Gasteiger partial charge in [0, 0.05) is 18.5 Å². The molecule has 0 saturated heterocycles. The first kappa shape index (κ1) is 19.1. The van der Waals surface area contributed by atoms with Gasteiger partial charge in [-0.1, -0.05) is 29.4 Å². The van der Waals surface area contributed by atoms with Crippen molar-refractivity contribution < 1.29 is 17.7 Å². The van der Waals surface area contributed by atoms with Crippen molar-refractivity contribution in [3.8, 4) is 17.1 Å². The summed E-state index contributed by atoms with van der Waals surface area (Å²) >= 11 is 0. The topological polar surface area (TPSA) is 94.3 Å². The second-order valence-electron chi connectivity index (χ2n) is 5.88. The molecule has 0 amide bonds. The highest BCUT2D eigenvalue weighted by atomic mass is 32.2. The summed E-state index contributed by atoms with van der Waals surface area (Å²) in [5.41, 5.74) is 1.93. The van der Waals surface area contributed by atoms with Crippen molar-refractivity contribution in [3.63, 3.8) is 0 Å². The van der Waals surface area contributed by atoms with Crippen molar-refractivity contribution in [2.24, 2.45) is 0 Å². The first-order chi connectivity index (χ1) is 13.0. The van der Waals surface area contributed by atoms with E-state index in [2.05, 4.69) is 14.9 Å². The van der Waals surface area contributed by atoms with E-state index in [1.165, 1.54) is 12.1 Å². The highest BCUT2D eigenvalue weighted by molar-refractivity contribution is 7.89. The van der Waals surface area contributed by atoms with E-state index < -0.39 is 10.0 Å². The largest absolute Gasteiger partial charge is 0.494 e. The summed E-state index contributed by atoms with van der Waals surface area (Å²) in [5.74, 6) is 1.51. The second-order valence-corrected chi connectivity index (χ2v) is 7.65. The SMILES string of the molecule is CCOc1ccc(S(=O)(=O)NCCc2nc(-c3ccccc3C)no2)cc1. The first-order valence-corrected chi connectivity index (χ1v) is 10.1. The fraction of sp³-hybridized carbons (Fsp3) is 0.263. The maximum absolute atomic E-state index is 12.3. The second kappa shape index (κ2) is 8.32. The van der Waals surface area contributed by atoms with Crippen molar-refractivity contribution in [3.05, 3.63) is 60.0 Å². The van der Waals surface area contributed by atoms with Crippen LogP contribution >= 0.6 is 0 Å². The summed E-state index contributed by atoms with van der Waals surface area (Å²) in [6.45, 7) is 4.52. The number of sulfonamides is 1. The molecule has 0 fully saturated rings. The molecule has 0 atom stereocenters. The normalized spacial score (nSPS) is 11.5. The number of nitrogens with zero attached hydrogens (tertiary/aromatic N) is 2. The molecular formula is C19H21N3O4S. The third-order valence-electron chi connectivity index (χ3n) is 3.93. The Kier molecular flexibility index (Phi) is 5.88. The molecule has 1 N–H and O–H groups in total. The standard InChI is InChI=1S/C19H21N3O4S/c1-3-25-15-8-10-16(11-9-15)27(23,24)20-13-12-18-21-19(22-26-18)17-7-5-4-6-14(17)2/h4-11,20H,3,12-13H2,1-2H3. The molecule has 0 spiro atoms. The van der Waals surface area contributed by atoms with Crippen LogP contribution in [0.1, 0.15) is 18.4 Å². The minimum atomic E-state index is -3.61. The molecule has 7 nitrogen and oxygen atoms in total.